The van der Waals surface area contributed by atoms with E-state index in [1.165, 1.54) is 18.3 Å². The van der Waals surface area contributed by atoms with Crippen LogP contribution in [-0.2, 0) is 11.2 Å². The molecule has 104 valence electrons. The molecule has 0 aliphatic rings. The quantitative estimate of drug-likeness (QED) is 0.837. The van der Waals surface area contributed by atoms with Gasteiger partial charge in [0.1, 0.15) is 11.4 Å². The number of aromatic carboxylic acids is 1. The van der Waals surface area contributed by atoms with Crippen molar-refractivity contribution in [2.45, 2.75) is 19.8 Å². The van der Waals surface area contributed by atoms with Crippen LogP contribution in [0.1, 0.15) is 28.5 Å². The maximum absolute atomic E-state index is 11.7. The maximum atomic E-state index is 11.7. The van der Waals surface area contributed by atoms with Crippen LogP contribution in [0.3, 0.4) is 0 Å². The minimum atomic E-state index is -1.15. The fourth-order valence-electron chi connectivity index (χ4n) is 1.53. The molecule has 2 aromatic heterocycles. The highest BCUT2D eigenvalue weighted by molar-refractivity contribution is 5.99. The lowest BCUT2D eigenvalue weighted by Gasteiger charge is -2.06. The van der Waals surface area contributed by atoms with Gasteiger partial charge in [-0.2, -0.15) is 4.98 Å². The third-order valence-corrected chi connectivity index (χ3v) is 2.43. The summed E-state index contributed by atoms with van der Waals surface area (Å²) in [6, 6.07) is 2.85. The minimum absolute atomic E-state index is 0.0201. The molecule has 0 bridgehead atoms. The number of carboxylic acids is 1. The first kappa shape index (κ1) is 13.7. The Morgan fingerprint density at radius 3 is 2.90 bits per heavy atom. The Bertz CT molecular complexity index is 638. The molecule has 0 radical (unpaired) electrons. The zero-order valence-corrected chi connectivity index (χ0v) is 10.7. The third-order valence-electron chi connectivity index (χ3n) is 2.43. The zero-order valence-electron chi connectivity index (χ0n) is 10.7. The van der Waals surface area contributed by atoms with Gasteiger partial charge in [-0.1, -0.05) is 5.16 Å². The van der Waals surface area contributed by atoms with Gasteiger partial charge in [-0.15, -0.1) is 0 Å². The molecular formula is C12H12N4O4. The Balaban J connectivity index is 1.96. The molecule has 0 unspecified atom stereocenters. The fraction of sp³-hybridized carbons (Fsp3) is 0.250. The molecule has 0 fully saturated rings. The molecule has 0 spiro atoms. The Labute approximate surface area is 113 Å². The molecular weight excluding hydrogens is 264 g/mol. The van der Waals surface area contributed by atoms with Crippen molar-refractivity contribution in [2.75, 3.05) is 5.32 Å². The van der Waals surface area contributed by atoms with Crippen molar-refractivity contribution in [2.24, 2.45) is 0 Å². The molecule has 8 heteroatoms. The second-order valence-electron chi connectivity index (χ2n) is 3.99. The summed E-state index contributed by atoms with van der Waals surface area (Å²) in [5.41, 5.74) is -0.0607. The average molecular weight is 276 g/mol. The van der Waals surface area contributed by atoms with Crippen LogP contribution in [0.25, 0.3) is 0 Å². The fourth-order valence-corrected chi connectivity index (χ4v) is 1.53. The molecule has 0 aromatic carbocycles. The number of nitrogens with one attached hydrogen (secondary N) is 1. The largest absolute Gasteiger partial charge is 0.478 e. The van der Waals surface area contributed by atoms with Crippen LogP contribution < -0.4 is 5.32 Å². The number of nitrogens with zero attached hydrogens (tertiary/aromatic N) is 3. The average Bonchev–Trinajstić information content (AvgIpc) is 2.83. The SMILES string of the molecule is Cc1noc(CCC(=O)Nc2ncccc2C(=O)O)n1. The summed E-state index contributed by atoms with van der Waals surface area (Å²) in [7, 11) is 0. The number of rotatable bonds is 5. The summed E-state index contributed by atoms with van der Waals surface area (Å²) < 4.78 is 4.88. The summed E-state index contributed by atoms with van der Waals surface area (Å²) in [6.07, 6.45) is 1.78. The van der Waals surface area contributed by atoms with Gasteiger partial charge in [0.15, 0.2) is 5.82 Å². The minimum Gasteiger partial charge on any atom is -0.478 e. The van der Waals surface area contributed by atoms with E-state index in [0.717, 1.165) is 0 Å². The smallest absolute Gasteiger partial charge is 0.339 e. The van der Waals surface area contributed by atoms with Gasteiger partial charge in [0.2, 0.25) is 11.8 Å². The number of carbonyl (C=O) groups excluding carboxylic acids is 1. The number of pyridine rings is 1. The van der Waals surface area contributed by atoms with Crippen LogP contribution in [0.5, 0.6) is 0 Å². The normalized spacial score (nSPS) is 10.2. The predicted molar refractivity (Wildman–Crippen MR) is 67.2 cm³/mol. The Morgan fingerprint density at radius 2 is 2.25 bits per heavy atom. The lowest BCUT2D eigenvalue weighted by Crippen LogP contribution is -2.16. The highest BCUT2D eigenvalue weighted by atomic mass is 16.5. The lowest BCUT2D eigenvalue weighted by atomic mass is 10.2. The standard InChI is InChI=1S/C12H12N4O4/c1-7-14-10(20-16-7)5-4-9(17)15-11-8(12(18)19)3-2-6-13-11/h2-3,6H,4-5H2,1H3,(H,18,19)(H,13,15,17). The van der Waals surface area contributed by atoms with Gasteiger partial charge in [-0.3, -0.25) is 4.79 Å². The first-order chi connectivity index (χ1) is 9.56. The molecule has 1 amide bonds. The van der Waals surface area contributed by atoms with Crippen molar-refractivity contribution < 1.29 is 19.2 Å². The summed E-state index contributed by atoms with van der Waals surface area (Å²) in [5, 5.41) is 15.0. The predicted octanol–water partition coefficient (Wildman–Crippen LogP) is 1.04. The van der Waals surface area contributed by atoms with E-state index in [2.05, 4.69) is 20.4 Å². The maximum Gasteiger partial charge on any atom is 0.339 e. The van der Waals surface area contributed by atoms with Crippen molar-refractivity contribution in [1.29, 1.82) is 0 Å². The second kappa shape index (κ2) is 5.91. The molecule has 0 saturated heterocycles. The van der Waals surface area contributed by atoms with Crippen molar-refractivity contribution in [3.05, 3.63) is 35.6 Å². The van der Waals surface area contributed by atoms with Crippen LogP contribution >= 0.6 is 0 Å². The van der Waals surface area contributed by atoms with E-state index in [9.17, 15) is 9.59 Å². The topological polar surface area (TPSA) is 118 Å². The molecule has 8 nitrogen and oxygen atoms in total. The van der Waals surface area contributed by atoms with Crippen LogP contribution in [-0.4, -0.2) is 32.1 Å². The third kappa shape index (κ3) is 3.37. The lowest BCUT2D eigenvalue weighted by molar-refractivity contribution is -0.116. The van der Waals surface area contributed by atoms with Crippen LogP contribution in [0.2, 0.25) is 0 Å². The van der Waals surface area contributed by atoms with E-state index in [0.29, 0.717) is 11.7 Å². The monoisotopic (exact) mass is 276 g/mol. The number of anilines is 1. The highest BCUT2D eigenvalue weighted by Gasteiger charge is 2.14. The zero-order chi connectivity index (χ0) is 14.5. The second-order valence-corrected chi connectivity index (χ2v) is 3.99. The summed E-state index contributed by atoms with van der Waals surface area (Å²) in [6.45, 7) is 1.68. The summed E-state index contributed by atoms with van der Waals surface area (Å²) >= 11 is 0. The molecule has 20 heavy (non-hydrogen) atoms. The van der Waals surface area contributed by atoms with E-state index in [1.54, 1.807) is 6.92 Å². The Hall–Kier alpha value is -2.77. The van der Waals surface area contributed by atoms with Gasteiger partial charge < -0.3 is 14.9 Å². The van der Waals surface area contributed by atoms with Gasteiger partial charge in [-0.05, 0) is 19.1 Å². The summed E-state index contributed by atoms with van der Waals surface area (Å²) in [5.74, 6) is -0.648. The molecule has 0 aliphatic heterocycles. The number of hydrogen-bond acceptors (Lipinski definition) is 6. The molecule has 0 saturated carbocycles. The van der Waals surface area contributed by atoms with Gasteiger partial charge in [0.05, 0.1) is 0 Å². The number of hydrogen-bond donors (Lipinski definition) is 2. The Morgan fingerprint density at radius 1 is 1.45 bits per heavy atom. The van der Waals surface area contributed by atoms with Crippen molar-refractivity contribution in [3.63, 3.8) is 0 Å². The first-order valence-corrected chi connectivity index (χ1v) is 5.83. The van der Waals surface area contributed by atoms with Gasteiger partial charge in [0, 0.05) is 19.0 Å². The van der Waals surface area contributed by atoms with E-state index in [1.807, 2.05) is 0 Å². The van der Waals surface area contributed by atoms with E-state index in [4.69, 9.17) is 9.63 Å². The number of aryl methyl sites for hydroxylation is 2. The van der Waals surface area contributed by atoms with E-state index >= 15 is 0 Å². The molecule has 2 heterocycles. The van der Waals surface area contributed by atoms with Crippen molar-refractivity contribution in [1.82, 2.24) is 15.1 Å². The number of carboxylic acid groups (broad SMARTS) is 1. The molecule has 0 atom stereocenters. The van der Waals surface area contributed by atoms with Crippen LogP contribution in [0, 0.1) is 6.92 Å². The molecule has 2 rings (SSSR count). The first-order valence-electron chi connectivity index (χ1n) is 5.83. The molecule has 0 aliphatic carbocycles. The highest BCUT2D eigenvalue weighted by Crippen LogP contribution is 2.12. The van der Waals surface area contributed by atoms with Gasteiger partial charge >= 0.3 is 5.97 Å². The van der Waals surface area contributed by atoms with Crippen molar-refractivity contribution >= 4 is 17.7 Å². The summed E-state index contributed by atoms with van der Waals surface area (Å²) in [4.78, 5) is 30.5. The van der Waals surface area contributed by atoms with Crippen molar-refractivity contribution in [3.8, 4) is 0 Å². The van der Waals surface area contributed by atoms with Crippen LogP contribution in [0.4, 0.5) is 5.82 Å². The number of aromatic nitrogens is 3. The van der Waals surface area contributed by atoms with Crippen LogP contribution in [0.15, 0.2) is 22.9 Å². The molecule has 2 aromatic rings. The van der Waals surface area contributed by atoms with E-state index < -0.39 is 5.97 Å². The number of carbonyl (C=O) groups is 2. The number of amides is 1. The molecule has 2 N–H and O–H groups in total. The van der Waals surface area contributed by atoms with Gasteiger partial charge in [-0.25, -0.2) is 9.78 Å². The van der Waals surface area contributed by atoms with E-state index in [-0.39, 0.29) is 30.1 Å². The Kier molecular flexibility index (Phi) is 4.04. The van der Waals surface area contributed by atoms with Gasteiger partial charge in [0.25, 0.3) is 0 Å².